The van der Waals surface area contributed by atoms with Crippen molar-refractivity contribution in [1.29, 1.82) is 0 Å². The molecule has 0 amide bonds. The van der Waals surface area contributed by atoms with Crippen molar-refractivity contribution in [3.05, 3.63) is 0 Å². The van der Waals surface area contributed by atoms with E-state index in [1.165, 1.54) is 128 Å². The SMILES string of the molecule is CCCCCCCCCCCCCCCCCCCCCC(=O)OC(COC(=O)CCCCCCCCCCC)COP(=O)(O)OCC(N)C(=O)O. The summed E-state index contributed by atoms with van der Waals surface area (Å²) in [7, 11) is -4.70. The van der Waals surface area contributed by atoms with Gasteiger partial charge in [-0.15, -0.1) is 0 Å². The second-order valence-corrected chi connectivity index (χ2v) is 15.9. The monoisotopic (exact) mass is 764 g/mol. The summed E-state index contributed by atoms with van der Waals surface area (Å²) in [6, 6.07) is -1.51. The Kier molecular flexibility index (Phi) is 35.4. The first-order valence-corrected chi connectivity index (χ1v) is 22.6. The minimum atomic E-state index is -4.70. The maximum atomic E-state index is 12.6. The molecule has 0 saturated heterocycles. The lowest BCUT2D eigenvalue weighted by atomic mass is 10.0. The number of carbonyl (C=O) groups excluding carboxylic acids is 2. The van der Waals surface area contributed by atoms with E-state index in [0.717, 1.165) is 38.5 Å². The van der Waals surface area contributed by atoms with Gasteiger partial charge in [0, 0.05) is 12.8 Å². The molecule has 0 spiro atoms. The maximum Gasteiger partial charge on any atom is 0.472 e. The number of carbonyl (C=O) groups is 3. The van der Waals surface area contributed by atoms with E-state index in [-0.39, 0.29) is 19.4 Å². The van der Waals surface area contributed by atoms with Crippen LogP contribution in [0.25, 0.3) is 0 Å². The number of ether oxygens (including phenoxy) is 2. The van der Waals surface area contributed by atoms with Crippen molar-refractivity contribution in [1.82, 2.24) is 0 Å². The van der Waals surface area contributed by atoms with Gasteiger partial charge in [0.2, 0.25) is 0 Å². The third-order valence-electron chi connectivity index (χ3n) is 9.36. The molecule has 11 nitrogen and oxygen atoms in total. The Morgan fingerprint density at radius 2 is 0.846 bits per heavy atom. The number of unbranched alkanes of at least 4 members (excludes halogenated alkanes) is 26. The highest BCUT2D eigenvalue weighted by atomic mass is 31.2. The molecule has 12 heteroatoms. The summed E-state index contributed by atoms with van der Waals surface area (Å²) in [5.41, 5.74) is 5.32. The van der Waals surface area contributed by atoms with Crippen LogP contribution in [0.5, 0.6) is 0 Å². The molecule has 3 atom stereocenters. The average Bonchev–Trinajstić information content (AvgIpc) is 3.12. The van der Waals surface area contributed by atoms with Crippen LogP contribution in [-0.2, 0) is 37.5 Å². The van der Waals surface area contributed by atoms with Crippen LogP contribution < -0.4 is 5.73 Å². The van der Waals surface area contributed by atoms with Crippen molar-refractivity contribution in [3.63, 3.8) is 0 Å². The molecule has 0 aromatic heterocycles. The Bertz CT molecular complexity index is 906. The molecule has 52 heavy (non-hydrogen) atoms. The van der Waals surface area contributed by atoms with Gasteiger partial charge in [-0.3, -0.25) is 23.4 Å². The van der Waals surface area contributed by atoms with Crippen molar-refractivity contribution in [2.45, 2.75) is 219 Å². The highest BCUT2D eigenvalue weighted by Crippen LogP contribution is 2.43. The van der Waals surface area contributed by atoms with Crippen molar-refractivity contribution in [3.8, 4) is 0 Å². The number of nitrogens with two attached hydrogens (primary N) is 1. The van der Waals surface area contributed by atoms with Gasteiger partial charge in [-0.2, -0.15) is 0 Å². The summed E-state index contributed by atoms with van der Waals surface area (Å²) in [5, 5.41) is 8.86. The van der Waals surface area contributed by atoms with E-state index in [9.17, 15) is 23.8 Å². The molecule has 0 saturated carbocycles. The number of esters is 2. The Balaban J connectivity index is 4.25. The smallest absolute Gasteiger partial charge is 0.472 e. The molecule has 0 aliphatic rings. The van der Waals surface area contributed by atoms with Crippen molar-refractivity contribution >= 4 is 25.7 Å². The fourth-order valence-corrected chi connectivity index (χ4v) is 6.79. The largest absolute Gasteiger partial charge is 0.480 e. The third kappa shape index (κ3) is 35.5. The Morgan fingerprint density at radius 1 is 0.519 bits per heavy atom. The van der Waals surface area contributed by atoms with Gasteiger partial charge in [-0.05, 0) is 12.8 Å². The van der Waals surface area contributed by atoms with Gasteiger partial charge in [-0.1, -0.05) is 181 Å². The molecule has 0 bridgehead atoms. The molecule has 0 heterocycles. The number of phosphoric ester groups is 1. The van der Waals surface area contributed by atoms with E-state index in [4.69, 9.17) is 24.8 Å². The van der Waals surface area contributed by atoms with Gasteiger partial charge < -0.3 is 25.2 Å². The summed E-state index contributed by atoms with van der Waals surface area (Å²) < 4.78 is 32.6. The van der Waals surface area contributed by atoms with E-state index in [2.05, 4.69) is 18.4 Å². The van der Waals surface area contributed by atoms with Gasteiger partial charge >= 0.3 is 25.7 Å². The fraction of sp³-hybridized carbons (Fsp3) is 0.925. The summed E-state index contributed by atoms with van der Waals surface area (Å²) in [4.78, 5) is 45.8. The van der Waals surface area contributed by atoms with Crippen molar-refractivity contribution < 1.29 is 47.5 Å². The van der Waals surface area contributed by atoms with Crippen LogP contribution in [0.2, 0.25) is 0 Å². The van der Waals surface area contributed by atoms with Crippen LogP contribution >= 0.6 is 7.82 Å². The van der Waals surface area contributed by atoms with Crippen LogP contribution in [0.3, 0.4) is 0 Å². The minimum absolute atomic E-state index is 0.169. The van der Waals surface area contributed by atoms with Gasteiger partial charge in [-0.25, -0.2) is 4.57 Å². The molecular weight excluding hydrogens is 685 g/mol. The summed E-state index contributed by atoms with van der Waals surface area (Å²) >= 11 is 0. The van der Waals surface area contributed by atoms with Gasteiger partial charge in [0.1, 0.15) is 12.6 Å². The predicted octanol–water partition coefficient (Wildman–Crippen LogP) is 10.7. The van der Waals surface area contributed by atoms with E-state index in [1.807, 2.05) is 0 Å². The molecule has 0 aliphatic heterocycles. The fourth-order valence-electron chi connectivity index (χ4n) is 6.01. The van der Waals surface area contributed by atoms with Crippen molar-refractivity contribution in [2.75, 3.05) is 19.8 Å². The molecule has 3 unspecified atom stereocenters. The van der Waals surface area contributed by atoms with E-state index >= 15 is 0 Å². The molecule has 0 aromatic rings. The molecule has 4 N–H and O–H groups in total. The summed E-state index contributed by atoms with van der Waals surface area (Å²) in [6.45, 7) is 2.80. The van der Waals surface area contributed by atoms with E-state index < -0.39 is 51.1 Å². The molecule has 0 aliphatic carbocycles. The number of rotatable bonds is 40. The minimum Gasteiger partial charge on any atom is -0.480 e. The van der Waals surface area contributed by atoms with Crippen LogP contribution in [0.15, 0.2) is 0 Å². The highest BCUT2D eigenvalue weighted by Gasteiger charge is 2.28. The zero-order chi connectivity index (χ0) is 38.5. The number of aliphatic carboxylic acids is 1. The summed E-state index contributed by atoms with van der Waals surface area (Å²) in [6.07, 6.45) is 33.2. The maximum absolute atomic E-state index is 12.6. The Morgan fingerprint density at radius 3 is 1.21 bits per heavy atom. The summed E-state index contributed by atoms with van der Waals surface area (Å²) in [5.74, 6) is -2.36. The molecule has 308 valence electrons. The normalized spacial score (nSPS) is 13.8. The van der Waals surface area contributed by atoms with Crippen molar-refractivity contribution in [2.24, 2.45) is 5.73 Å². The number of carboxylic acids is 1. The Hall–Kier alpha value is -1.52. The molecule has 0 aromatic carbocycles. The second-order valence-electron chi connectivity index (χ2n) is 14.5. The number of hydrogen-bond donors (Lipinski definition) is 3. The molecule has 0 rings (SSSR count). The van der Waals surface area contributed by atoms with E-state index in [0.29, 0.717) is 12.8 Å². The third-order valence-corrected chi connectivity index (χ3v) is 10.3. The number of carboxylic acid groups (broad SMARTS) is 1. The topological polar surface area (TPSA) is 172 Å². The Labute approximate surface area is 316 Å². The standard InChI is InChI=1S/C40H78NO10P/c1-3-5-7-9-11-13-14-15-16-17-18-19-20-21-22-24-26-28-30-32-39(43)51-36(34-49-52(46,47)50-35-37(41)40(44)45)33-48-38(42)31-29-27-25-23-12-10-8-6-4-2/h36-37H,3-35,41H2,1-2H3,(H,44,45)(H,46,47). The first kappa shape index (κ1) is 50.5. The molecule has 0 radical (unpaired) electrons. The lowest BCUT2D eigenvalue weighted by molar-refractivity contribution is -0.161. The van der Waals surface area contributed by atoms with Crippen LogP contribution in [0.4, 0.5) is 0 Å². The lowest BCUT2D eigenvalue weighted by Gasteiger charge is -2.20. The molecule has 0 fully saturated rings. The first-order chi connectivity index (χ1) is 25.1. The lowest BCUT2D eigenvalue weighted by Crippen LogP contribution is -2.34. The second kappa shape index (κ2) is 36.5. The number of phosphoric acid groups is 1. The van der Waals surface area contributed by atoms with Gasteiger partial charge in [0.25, 0.3) is 0 Å². The quantitative estimate of drug-likeness (QED) is 0.0308. The van der Waals surface area contributed by atoms with Crippen LogP contribution in [0.1, 0.15) is 206 Å². The zero-order valence-electron chi connectivity index (χ0n) is 33.2. The first-order valence-electron chi connectivity index (χ1n) is 21.1. The van der Waals surface area contributed by atoms with Crippen LogP contribution in [0, 0.1) is 0 Å². The van der Waals surface area contributed by atoms with E-state index in [1.54, 1.807) is 0 Å². The van der Waals surface area contributed by atoms with Gasteiger partial charge in [0.15, 0.2) is 6.10 Å². The predicted molar refractivity (Wildman–Crippen MR) is 208 cm³/mol. The highest BCUT2D eigenvalue weighted by molar-refractivity contribution is 7.47. The average molecular weight is 764 g/mol. The van der Waals surface area contributed by atoms with Crippen LogP contribution in [-0.4, -0.2) is 59.9 Å². The molecular formula is C40H78NO10P. The zero-order valence-corrected chi connectivity index (χ0v) is 34.1. The van der Waals surface area contributed by atoms with Gasteiger partial charge in [0.05, 0.1) is 13.2 Å². The number of hydrogen-bond acceptors (Lipinski definition) is 9.